The van der Waals surface area contributed by atoms with Crippen LogP contribution in [-0.2, 0) is 6.54 Å². The number of rotatable bonds is 7. The van der Waals surface area contributed by atoms with Gasteiger partial charge in [0.1, 0.15) is 0 Å². The molecule has 2 rings (SSSR count). The fourth-order valence-corrected chi connectivity index (χ4v) is 2.95. The average Bonchev–Trinajstić information content (AvgIpc) is 2.63. The molecule has 28 heavy (non-hydrogen) atoms. The Balaban J connectivity index is 0.00000392. The molecule has 0 fully saturated rings. The van der Waals surface area contributed by atoms with Crippen LogP contribution in [0.1, 0.15) is 24.2 Å². The lowest BCUT2D eigenvalue weighted by Crippen LogP contribution is -2.39. The molecule has 0 aliphatic carbocycles. The van der Waals surface area contributed by atoms with Crippen molar-refractivity contribution in [2.45, 2.75) is 19.6 Å². The lowest BCUT2D eigenvalue weighted by molar-refractivity contribution is -0.385. The van der Waals surface area contributed by atoms with Gasteiger partial charge in [0.25, 0.3) is 5.69 Å². The summed E-state index contributed by atoms with van der Waals surface area (Å²) in [7, 11) is 0. The zero-order valence-electron chi connectivity index (χ0n) is 15.1. The van der Waals surface area contributed by atoms with Gasteiger partial charge in [-0.1, -0.05) is 41.4 Å². The van der Waals surface area contributed by atoms with Crippen molar-refractivity contribution in [2.75, 3.05) is 13.1 Å². The number of aliphatic imine (C=N–C) groups is 1. The third kappa shape index (κ3) is 7.42. The first-order chi connectivity index (χ1) is 12.9. The first-order valence-corrected chi connectivity index (χ1v) is 9.04. The van der Waals surface area contributed by atoms with Gasteiger partial charge >= 0.3 is 0 Å². The minimum atomic E-state index is -0.851. The molecule has 2 aromatic carbocycles. The topological polar surface area (TPSA) is 99.8 Å². The van der Waals surface area contributed by atoms with E-state index in [1.54, 1.807) is 36.4 Å². The molecule has 10 heteroatoms. The number of hydrogen-bond acceptors (Lipinski definition) is 4. The molecule has 152 valence electrons. The second-order valence-electron chi connectivity index (χ2n) is 5.68. The van der Waals surface area contributed by atoms with Gasteiger partial charge in [0, 0.05) is 29.2 Å². The SMILES string of the molecule is CCNC(=NCc1ccccc1[N+](=O)[O-])NCC(O)c1cc(Cl)cc(Cl)c1.I. The number of aliphatic hydroxyl groups excluding tert-OH is 1. The standard InChI is InChI=1S/C18H20Cl2N4O3.HI/c1-2-21-18(22-10-12-5-3-4-6-16(12)24(26)27)23-11-17(25)13-7-14(19)9-15(20)8-13;/h3-9,17,25H,2,10-11H2,1H3,(H2,21,22,23);1H. The molecule has 2 aromatic rings. The molecule has 0 bridgehead atoms. The summed E-state index contributed by atoms with van der Waals surface area (Å²) in [4.78, 5) is 15.0. The fourth-order valence-electron chi connectivity index (χ4n) is 2.41. The van der Waals surface area contributed by atoms with Crippen molar-refractivity contribution in [1.29, 1.82) is 0 Å². The Morgan fingerprint density at radius 1 is 1.21 bits per heavy atom. The highest BCUT2D eigenvalue weighted by molar-refractivity contribution is 14.0. The van der Waals surface area contributed by atoms with Crippen molar-refractivity contribution >= 4 is 58.8 Å². The minimum Gasteiger partial charge on any atom is -0.387 e. The van der Waals surface area contributed by atoms with Crippen LogP contribution in [0.15, 0.2) is 47.5 Å². The Labute approximate surface area is 190 Å². The predicted molar refractivity (Wildman–Crippen MR) is 123 cm³/mol. The number of halogens is 3. The summed E-state index contributed by atoms with van der Waals surface area (Å²) in [6.07, 6.45) is -0.851. The van der Waals surface area contributed by atoms with Gasteiger partial charge in [-0.2, -0.15) is 0 Å². The number of nitro groups is 1. The van der Waals surface area contributed by atoms with Crippen LogP contribution in [0.5, 0.6) is 0 Å². The van der Waals surface area contributed by atoms with Crippen molar-refractivity contribution in [3.8, 4) is 0 Å². The lowest BCUT2D eigenvalue weighted by Gasteiger charge is -2.16. The van der Waals surface area contributed by atoms with Gasteiger partial charge in [0.15, 0.2) is 5.96 Å². The smallest absolute Gasteiger partial charge is 0.274 e. The van der Waals surface area contributed by atoms with E-state index in [-0.39, 0.29) is 42.8 Å². The fraction of sp³-hybridized carbons (Fsp3) is 0.278. The Hall–Kier alpha value is -1.62. The number of hydrogen-bond donors (Lipinski definition) is 3. The van der Waals surface area contributed by atoms with Crippen molar-refractivity contribution in [1.82, 2.24) is 10.6 Å². The average molecular weight is 539 g/mol. The summed E-state index contributed by atoms with van der Waals surface area (Å²) < 4.78 is 0. The van der Waals surface area contributed by atoms with Crippen LogP contribution in [0.3, 0.4) is 0 Å². The summed E-state index contributed by atoms with van der Waals surface area (Å²) in [5.41, 5.74) is 1.10. The molecule has 0 radical (unpaired) electrons. The highest BCUT2D eigenvalue weighted by atomic mass is 127. The van der Waals surface area contributed by atoms with Crippen LogP contribution in [0.4, 0.5) is 5.69 Å². The first kappa shape index (κ1) is 24.4. The Bertz CT molecular complexity index is 816. The van der Waals surface area contributed by atoms with E-state index in [0.717, 1.165) is 0 Å². The zero-order chi connectivity index (χ0) is 19.8. The van der Waals surface area contributed by atoms with E-state index in [1.165, 1.54) is 6.07 Å². The van der Waals surface area contributed by atoms with Crippen LogP contribution in [0.2, 0.25) is 10.0 Å². The number of aliphatic hydroxyl groups is 1. The van der Waals surface area contributed by atoms with Crippen molar-refractivity contribution in [3.63, 3.8) is 0 Å². The van der Waals surface area contributed by atoms with Gasteiger partial charge in [0.2, 0.25) is 0 Å². The normalized spacial score (nSPS) is 12.1. The van der Waals surface area contributed by atoms with Crippen molar-refractivity contribution < 1.29 is 10.0 Å². The quantitative estimate of drug-likeness (QED) is 0.160. The summed E-state index contributed by atoms with van der Waals surface area (Å²) in [6, 6.07) is 11.3. The van der Waals surface area contributed by atoms with Crippen molar-refractivity contribution in [2.24, 2.45) is 4.99 Å². The highest BCUT2D eigenvalue weighted by Crippen LogP contribution is 2.23. The summed E-state index contributed by atoms with van der Waals surface area (Å²) in [5.74, 6) is 0.433. The molecule has 0 saturated carbocycles. The van der Waals surface area contributed by atoms with Crippen LogP contribution in [0.25, 0.3) is 0 Å². The second-order valence-corrected chi connectivity index (χ2v) is 6.55. The maximum Gasteiger partial charge on any atom is 0.274 e. The third-order valence-corrected chi connectivity index (χ3v) is 4.11. The Morgan fingerprint density at radius 3 is 2.46 bits per heavy atom. The first-order valence-electron chi connectivity index (χ1n) is 8.29. The number of benzene rings is 2. The second kappa shape index (κ2) is 12.1. The molecule has 0 aliphatic heterocycles. The van der Waals surface area contributed by atoms with Crippen molar-refractivity contribution in [3.05, 3.63) is 73.8 Å². The van der Waals surface area contributed by atoms with Gasteiger partial charge in [-0.15, -0.1) is 24.0 Å². The summed E-state index contributed by atoms with van der Waals surface area (Å²) >= 11 is 11.9. The van der Waals surface area contributed by atoms with E-state index < -0.39 is 11.0 Å². The lowest BCUT2D eigenvalue weighted by atomic mass is 10.1. The number of nitrogens with zero attached hydrogens (tertiary/aromatic N) is 2. The Morgan fingerprint density at radius 2 is 1.86 bits per heavy atom. The van der Waals surface area contributed by atoms with Gasteiger partial charge in [-0.25, -0.2) is 4.99 Å². The van der Waals surface area contributed by atoms with E-state index in [9.17, 15) is 15.2 Å². The highest BCUT2D eigenvalue weighted by Gasteiger charge is 2.13. The molecular weight excluding hydrogens is 518 g/mol. The molecule has 7 nitrogen and oxygen atoms in total. The van der Waals surface area contributed by atoms with Gasteiger partial charge in [0.05, 0.1) is 23.1 Å². The largest absolute Gasteiger partial charge is 0.387 e. The third-order valence-electron chi connectivity index (χ3n) is 3.67. The van der Waals surface area contributed by atoms with E-state index >= 15 is 0 Å². The van der Waals surface area contributed by atoms with Gasteiger partial charge in [-0.05, 0) is 30.7 Å². The number of para-hydroxylation sites is 1. The summed E-state index contributed by atoms with van der Waals surface area (Å²) in [6.45, 7) is 2.79. The number of guanidine groups is 1. The molecule has 3 N–H and O–H groups in total. The molecule has 0 aliphatic rings. The van der Waals surface area contributed by atoms with Crippen LogP contribution < -0.4 is 10.6 Å². The molecule has 0 aromatic heterocycles. The molecular formula is C18H21Cl2IN4O3. The maximum absolute atomic E-state index is 11.1. The molecule has 0 saturated heterocycles. The van der Waals surface area contributed by atoms with E-state index in [0.29, 0.717) is 33.7 Å². The van der Waals surface area contributed by atoms with Crippen LogP contribution >= 0.6 is 47.2 Å². The number of nitrogens with one attached hydrogen (secondary N) is 2. The number of nitro benzene ring substituents is 1. The molecule has 0 spiro atoms. The molecule has 0 amide bonds. The monoisotopic (exact) mass is 538 g/mol. The Kier molecular flexibility index (Phi) is 10.5. The molecule has 1 atom stereocenters. The van der Waals surface area contributed by atoms with Gasteiger partial charge < -0.3 is 15.7 Å². The minimum absolute atomic E-state index is 0. The van der Waals surface area contributed by atoms with E-state index in [4.69, 9.17) is 23.2 Å². The zero-order valence-corrected chi connectivity index (χ0v) is 18.9. The van der Waals surface area contributed by atoms with Gasteiger partial charge in [-0.3, -0.25) is 10.1 Å². The van der Waals surface area contributed by atoms with Crippen LogP contribution in [0, 0.1) is 10.1 Å². The maximum atomic E-state index is 11.1. The van der Waals surface area contributed by atoms with E-state index in [2.05, 4.69) is 15.6 Å². The molecule has 1 unspecified atom stereocenters. The predicted octanol–water partition coefficient (Wildman–Crippen LogP) is 4.31. The van der Waals surface area contributed by atoms with Crippen LogP contribution in [-0.4, -0.2) is 29.1 Å². The summed E-state index contributed by atoms with van der Waals surface area (Å²) in [5, 5.41) is 28.4. The molecule has 0 heterocycles. The van der Waals surface area contributed by atoms with E-state index in [1.807, 2.05) is 6.92 Å².